The molecule has 1 aliphatic carbocycles. The van der Waals surface area contributed by atoms with Crippen LogP contribution in [0.3, 0.4) is 0 Å². The van der Waals surface area contributed by atoms with Crippen LogP contribution < -0.4 is 0 Å². The highest BCUT2D eigenvalue weighted by Gasteiger charge is 2.27. The molecular weight excluding hydrogens is 464 g/mol. The molecule has 0 amide bonds. The van der Waals surface area contributed by atoms with E-state index in [9.17, 15) is 10.1 Å². The van der Waals surface area contributed by atoms with Gasteiger partial charge in [-0.1, -0.05) is 40.9 Å². The first kappa shape index (κ1) is 23.4. The zero-order valence-electron chi connectivity index (χ0n) is 19.3. The number of hydrogen-bond acceptors (Lipinski definition) is 7. The molecule has 1 aliphatic heterocycles. The van der Waals surface area contributed by atoms with E-state index in [4.69, 9.17) is 0 Å². The van der Waals surface area contributed by atoms with Crippen LogP contribution in [0.15, 0.2) is 31.0 Å². The standard InChI is InChI=1S/C25H30N6OS2/c26-12-9-22(18-5-1-2-6-18)31-16-19(15-29-31)24-21-10-13-30(25(21)28-17-27-24)23(32)8-4-3-7-20-11-14-33-34-20/h10,13,15-18,20,22H,1-9,11,14H2/t20-,22?/m1/s1. The number of fused-ring (bicyclic) bond motifs is 1. The molecule has 7 nitrogen and oxygen atoms in total. The minimum absolute atomic E-state index is 0.0825. The Morgan fingerprint density at radius 2 is 2.12 bits per heavy atom. The Morgan fingerprint density at radius 1 is 1.24 bits per heavy atom. The molecule has 178 valence electrons. The Bertz CT molecular complexity index is 1170. The van der Waals surface area contributed by atoms with Gasteiger partial charge < -0.3 is 0 Å². The minimum Gasteiger partial charge on any atom is -0.274 e. The summed E-state index contributed by atoms with van der Waals surface area (Å²) in [6.45, 7) is 0. The highest BCUT2D eigenvalue weighted by molar-refractivity contribution is 8.77. The van der Waals surface area contributed by atoms with Crippen LogP contribution in [-0.2, 0) is 0 Å². The maximum atomic E-state index is 12.9. The van der Waals surface area contributed by atoms with Gasteiger partial charge >= 0.3 is 0 Å². The smallest absolute Gasteiger partial charge is 0.232 e. The fourth-order valence-electron chi connectivity index (χ4n) is 5.27. The number of carbonyl (C=O) groups is 1. The molecule has 1 unspecified atom stereocenters. The van der Waals surface area contributed by atoms with Crippen molar-refractivity contribution in [3.8, 4) is 17.3 Å². The largest absolute Gasteiger partial charge is 0.274 e. The number of nitrogens with zero attached hydrogens (tertiary/aromatic N) is 6. The zero-order valence-corrected chi connectivity index (χ0v) is 20.9. The molecular formula is C25H30N6OS2. The van der Waals surface area contributed by atoms with Crippen molar-refractivity contribution in [3.05, 3.63) is 31.0 Å². The van der Waals surface area contributed by atoms with E-state index in [-0.39, 0.29) is 11.9 Å². The summed E-state index contributed by atoms with van der Waals surface area (Å²) in [6.07, 6.45) is 17.4. The Hall–Kier alpha value is -2.31. The van der Waals surface area contributed by atoms with Crippen molar-refractivity contribution in [3.63, 3.8) is 0 Å². The van der Waals surface area contributed by atoms with Gasteiger partial charge in [0.05, 0.1) is 30.4 Å². The lowest BCUT2D eigenvalue weighted by Gasteiger charge is -2.21. The first-order chi connectivity index (χ1) is 16.7. The third-order valence-corrected chi connectivity index (χ3v) is 10.1. The highest BCUT2D eigenvalue weighted by Crippen LogP contribution is 2.40. The normalized spacial score (nSPS) is 19.6. The third kappa shape index (κ3) is 5.03. The summed E-state index contributed by atoms with van der Waals surface area (Å²) in [5.74, 6) is 1.84. The van der Waals surface area contributed by atoms with Gasteiger partial charge in [0.25, 0.3) is 0 Å². The molecule has 4 heterocycles. The number of hydrogen-bond donors (Lipinski definition) is 0. The van der Waals surface area contributed by atoms with Crippen LogP contribution in [-0.4, -0.2) is 41.2 Å². The maximum absolute atomic E-state index is 12.9. The van der Waals surface area contributed by atoms with Gasteiger partial charge in [0.15, 0.2) is 5.65 Å². The quantitative estimate of drug-likeness (QED) is 0.255. The summed E-state index contributed by atoms with van der Waals surface area (Å²) in [5.41, 5.74) is 2.32. The molecule has 0 spiro atoms. The second kappa shape index (κ2) is 11.0. The number of carbonyl (C=O) groups excluding carboxylic acids is 1. The summed E-state index contributed by atoms with van der Waals surface area (Å²) >= 11 is 0. The first-order valence-corrected chi connectivity index (χ1v) is 14.7. The SMILES string of the molecule is N#CCC(C1CCCC1)n1cc(-c2ncnc3c2ccn3C(=O)CCCC[C@@H]2CCSS2)cn1. The van der Waals surface area contributed by atoms with Gasteiger partial charge in [-0.3, -0.25) is 14.0 Å². The maximum Gasteiger partial charge on any atom is 0.232 e. The highest BCUT2D eigenvalue weighted by atomic mass is 33.1. The van der Waals surface area contributed by atoms with Crippen LogP contribution in [0.4, 0.5) is 0 Å². The molecule has 0 aromatic carbocycles. The Balaban J connectivity index is 1.30. The van der Waals surface area contributed by atoms with E-state index < -0.39 is 0 Å². The second-order valence-electron chi connectivity index (χ2n) is 9.30. The van der Waals surface area contributed by atoms with Crippen molar-refractivity contribution in [2.45, 2.75) is 75.5 Å². The fourth-order valence-corrected chi connectivity index (χ4v) is 8.30. The molecule has 5 rings (SSSR count). The van der Waals surface area contributed by atoms with E-state index in [1.165, 1.54) is 37.8 Å². The molecule has 34 heavy (non-hydrogen) atoms. The first-order valence-electron chi connectivity index (χ1n) is 12.3. The number of aromatic nitrogens is 5. The molecule has 0 radical (unpaired) electrons. The van der Waals surface area contributed by atoms with Crippen LogP contribution >= 0.6 is 21.6 Å². The predicted octanol–water partition coefficient (Wildman–Crippen LogP) is 6.29. The van der Waals surface area contributed by atoms with Crippen LogP contribution in [0, 0.1) is 17.2 Å². The van der Waals surface area contributed by atoms with E-state index in [1.807, 2.05) is 50.9 Å². The molecule has 2 atom stereocenters. The average Bonchev–Trinajstić information content (AvgIpc) is 3.67. The van der Waals surface area contributed by atoms with Gasteiger partial charge in [0.2, 0.25) is 5.91 Å². The summed E-state index contributed by atoms with van der Waals surface area (Å²) in [6, 6.07) is 4.37. The van der Waals surface area contributed by atoms with Crippen molar-refractivity contribution < 1.29 is 4.79 Å². The second-order valence-corrected chi connectivity index (χ2v) is 12.1. The zero-order chi connectivity index (χ0) is 23.3. The lowest BCUT2D eigenvalue weighted by Crippen LogP contribution is -2.17. The summed E-state index contributed by atoms with van der Waals surface area (Å²) < 4.78 is 3.62. The summed E-state index contributed by atoms with van der Waals surface area (Å²) in [5, 5.41) is 15.6. The van der Waals surface area contributed by atoms with Crippen LogP contribution in [0.2, 0.25) is 0 Å². The van der Waals surface area contributed by atoms with Crippen molar-refractivity contribution in [1.82, 2.24) is 24.3 Å². The number of rotatable bonds is 9. The van der Waals surface area contributed by atoms with Crippen molar-refractivity contribution in [1.29, 1.82) is 5.26 Å². The van der Waals surface area contributed by atoms with E-state index in [1.54, 1.807) is 4.57 Å². The average molecular weight is 495 g/mol. The van der Waals surface area contributed by atoms with Gasteiger partial charge in [-0.05, 0) is 44.1 Å². The van der Waals surface area contributed by atoms with Crippen LogP contribution in [0.1, 0.15) is 75.0 Å². The monoisotopic (exact) mass is 494 g/mol. The summed E-state index contributed by atoms with van der Waals surface area (Å²) in [4.78, 5) is 21.9. The molecule has 0 bridgehead atoms. The molecule has 2 aliphatic rings. The van der Waals surface area contributed by atoms with Gasteiger partial charge in [-0.25, -0.2) is 9.97 Å². The topological polar surface area (TPSA) is 89.4 Å². The number of unbranched alkanes of at least 4 members (excludes halogenated alkanes) is 1. The summed E-state index contributed by atoms with van der Waals surface area (Å²) in [7, 11) is 3.97. The minimum atomic E-state index is 0.0825. The van der Waals surface area contributed by atoms with Crippen molar-refractivity contribution >= 4 is 38.5 Å². The predicted molar refractivity (Wildman–Crippen MR) is 138 cm³/mol. The Labute approximate surface area is 208 Å². The van der Waals surface area contributed by atoms with Gasteiger partial charge in [-0.15, -0.1) is 0 Å². The number of nitriles is 1. The fraction of sp³-hybridized carbons (Fsp3) is 0.560. The molecule has 3 aromatic heterocycles. The lowest BCUT2D eigenvalue weighted by atomic mass is 9.96. The molecule has 2 fully saturated rings. The van der Waals surface area contributed by atoms with E-state index in [2.05, 4.69) is 21.1 Å². The van der Waals surface area contributed by atoms with Gasteiger partial charge in [0, 0.05) is 40.8 Å². The third-order valence-electron chi connectivity index (χ3n) is 7.10. The van der Waals surface area contributed by atoms with Gasteiger partial charge in [0.1, 0.15) is 6.33 Å². The van der Waals surface area contributed by atoms with E-state index in [0.717, 1.165) is 47.6 Å². The van der Waals surface area contributed by atoms with Crippen LogP contribution in [0.25, 0.3) is 22.3 Å². The molecule has 1 saturated carbocycles. The molecule has 3 aromatic rings. The molecule has 9 heteroatoms. The lowest BCUT2D eigenvalue weighted by molar-refractivity contribution is 0.0904. The van der Waals surface area contributed by atoms with Crippen LogP contribution in [0.5, 0.6) is 0 Å². The van der Waals surface area contributed by atoms with Crippen molar-refractivity contribution in [2.24, 2.45) is 5.92 Å². The van der Waals surface area contributed by atoms with E-state index in [0.29, 0.717) is 24.4 Å². The molecule has 1 saturated heterocycles. The Kier molecular flexibility index (Phi) is 7.55. The van der Waals surface area contributed by atoms with Crippen molar-refractivity contribution in [2.75, 3.05) is 5.75 Å². The van der Waals surface area contributed by atoms with E-state index >= 15 is 0 Å². The van der Waals surface area contributed by atoms with Gasteiger partial charge in [-0.2, -0.15) is 10.4 Å². The molecule has 0 N–H and O–H groups in total. The Morgan fingerprint density at radius 3 is 2.91 bits per heavy atom.